The van der Waals surface area contributed by atoms with E-state index in [2.05, 4.69) is 13.5 Å². The van der Waals surface area contributed by atoms with Crippen LogP contribution in [0.25, 0.3) is 0 Å². The van der Waals surface area contributed by atoms with Crippen molar-refractivity contribution in [3.05, 3.63) is 36.2 Å². The maximum Gasteiger partial charge on any atom is 0.167 e. The average molecular weight is 203 g/mol. The van der Waals surface area contributed by atoms with Gasteiger partial charge in [0.2, 0.25) is 0 Å². The molecule has 2 rings (SSSR count). The van der Waals surface area contributed by atoms with Gasteiger partial charge in [0.05, 0.1) is 0 Å². The number of hydrogen-bond acceptors (Lipinski definition) is 1. The highest BCUT2D eigenvalue weighted by atomic mass is 16.1. The first-order valence-corrected chi connectivity index (χ1v) is 5.57. The fraction of sp³-hybridized carbons (Fsp3) is 0.462. The van der Waals surface area contributed by atoms with Crippen LogP contribution in [-0.4, -0.2) is 10.4 Å². The standard InChI is InChI=1S/C13H17NO/c1-3-10(2)8-14-7-6-12(9-14)13(15)11-4-5-11/h6-7,9,11H,2-5,8H2,1H3. The van der Waals surface area contributed by atoms with E-state index in [0.717, 1.165) is 31.4 Å². The molecule has 80 valence electrons. The highest BCUT2D eigenvalue weighted by Crippen LogP contribution is 2.32. The lowest BCUT2D eigenvalue weighted by Gasteiger charge is -2.03. The smallest absolute Gasteiger partial charge is 0.167 e. The van der Waals surface area contributed by atoms with Crippen LogP contribution < -0.4 is 0 Å². The Kier molecular flexibility index (Phi) is 2.76. The molecule has 0 N–H and O–H groups in total. The molecule has 0 unspecified atom stereocenters. The predicted octanol–water partition coefficient (Wildman–Crippen LogP) is 3.05. The van der Waals surface area contributed by atoms with E-state index in [0.29, 0.717) is 11.7 Å². The molecule has 0 bridgehead atoms. The van der Waals surface area contributed by atoms with Gasteiger partial charge in [-0.1, -0.05) is 19.1 Å². The molecule has 2 heteroatoms. The summed E-state index contributed by atoms with van der Waals surface area (Å²) in [6, 6.07) is 1.92. The molecule has 1 aliphatic rings. The number of carbonyl (C=O) groups excluding carboxylic acids is 1. The molecule has 0 radical (unpaired) electrons. The molecule has 1 fully saturated rings. The second-order valence-electron chi connectivity index (χ2n) is 4.31. The van der Waals surface area contributed by atoms with E-state index in [-0.39, 0.29) is 0 Å². The molecule has 2 nitrogen and oxygen atoms in total. The van der Waals surface area contributed by atoms with Crippen LogP contribution in [0.1, 0.15) is 36.5 Å². The van der Waals surface area contributed by atoms with E-state index in [1.807, 2.05) is 23.0 Å². The van der Waals surface area contributed by atoms with E-state index in [1.54, 1.807) is 0 Å². The van der Waals surface area contributed by atoms with Crippen molar-refractivity contribution < 1.29 is 4.79 Å². The lowest BCUT2D eigenvalue weighted by molar-refractivity contribution is 0.0967. The molecule has 1 aliphatic carbocycles. The fourth-order valence-electron chi connectivity index (χ4n) is 1.64. The van der Waals surface area contributed by atoms with Gasteiger partial charge in [-0.2, -0.15) is 0 Å². The first-order valence-electron chi connectivity index (χ1n) is 5.57. The average Bonchev–Trinajstić information content (AvgIpc) is 2.98. The van der Waals surface area contributed by atoms with Gasteiger partial charge in [-0.05, 0) is 25.3 Å². The minimum absolute atomic E-state index is 0.315. The summed E-state index contributed by atoms with van der Waals surface area (Å²) in [5.41, 5.74) is 2.05. The normalized spacial score (nSPS) is 15.3. The molecule has 1 aromatic rings. The number of aromatic nitrogens is 1. The van der Waals surface area contributed by atoms with E-state index < -0.39 is 0 Å². The maximum atomic E-state index is 11.7. The van der Waals surface area contributed by atoms with Gasteiger partial charge in [0.15, 0.2) is 5.78 Å². The summed E-state index contributed by atoms with van der Waals surface area (Å²) in [5, 5.41) is 0. The lowest BCUT2D eigenvalue weighted by atomic mass is 10.1. The summed E-state index contributed by atoms with van der Waals surface area (Å²) < 4.78 is 2.04. The van der Waals surface area contributed by atoms with E-state index in [9.17, 15) is 4.79 Å². The van der Waals surface area contributed by atoms with Gasteiger partial charge in [-0.15, -0.1) is 0 Å². The number of hydrogen-bond donors (Lipinski definition) is 0. The summed E-state index contributed by atoms with van der Waals surface area (Å²) in [5.74, 6) is 0.631. The fourth-order valence-corrected chi connectivity index (χ4v) is 1.64. The van der Waals surface area contributed by atoms with Gasteiger partial charge in [0.1, 0.15) is 0 Å². The van der Waals surface area contributed by atoms with Crippen LogP contribution in [0.4, 0.5) is 0 Å². The molecule has 1 saturated carbocycles. The van der Waals surface area contributed by atoms with Crippen LogP contribution in [0.15, 0.2) is 30.6 Å². The molecule has 0 aliphatic heterocycles. The van der Waals surface area contributed by atoms with Gasteiger partial charge in [0, 0.05) is 30.4 Å². The third kappa shape index (κ3) is 2.38. The molecular formula is C13H17NO. The SMILES string of the molecule is C=C(CC)Cn1ccc(C(=O)C2CC2)c1. The largest absolute Gasteiger partial charge is 0.349 e. The van der Waals surface area contributed by atoms with Crippen molar-refractivity contribution in [3.8, 4) is 0 Å². The third-order valence-corrected chi connectivity index (χ3v) is 2.89. The number of allylic oxidation sites excluding steroid dienone is 1. The van der Waals surface area contributed by atoms with Gasteiger partial charge >= 0.3 is 0 Å². The number of rotatable bonds is 5. The summed E-state index contributed by atoms with van der Waals surface area (Å²) in [6.45, 7) is 6.89. The molecular weight excluding hydrogens is 186 g/mol. The van der Waals surface area contributed by atoms with Crippen molar-refractivity contribution in [2.24, 2.45) is 5.92 Å². The Balaban J connectivity index is 2.03. The Morgan fingerprint density at radius 3 is 2.93 bits per heavy atom. The van der Waals surface area contributed by atoms with Crippen molar-refractivity contribution in [2.75, 3.05) is 0 Å². The van der Waals surface area contributed by atoms with Crippen LogP contribution in [0.2, 0.25) is 0 Å². The topological polar surface area (TPSA) is 22.0 Å². The van der Waals surface area contributed by atoms with E-state index in [1.165, 1.54) is 5.57 Å². The monoisotopic (exact) mass is 203 g/mol. The zero-order valence-electron chi connectivity index (χ0n) is 9.20. The Hall–Kier alpha value is -1.31. The summed E-state index contributed by atoms with van der Waals surface area (Å²) in [4.78, 5) is 11.7. The number of carbonyl (C=O) groups is 1. The van der Waals surface area contributed by atoms with Gasteiger partial charge in [-0.3, -0.25) is 4.79 Å². The first kappa shape index (κ1) is 10.2. The minimum atomic E-state index is 0.315. The molecule has 1 heterocycles. The second kappa shape index (κ2) is 4.05. The van der Waals surface area contributed by atoms with Crippen LogP contribution >= 0.6 is 0 Å². The second-order valence-corrected chi connectivity index (χ2v) is 4.31. The lowest BCUT2D eigenvalue weighted by Crippen LogP contribution is -2.00. The number of nitrogens with zero attached hydrogens (tertiary/aromatic N) is 1. The van der Waals surface area contributed by atoms with Crippen molar-refractivity contribution >= 4 is 5.78 Å². The maximum absolute atomic E-state index is 11.7. The molecule has 1 aromatic heterocycles. The molecule has 0 spiro atoms. The van der Waals surface area contributed by atoms with Gasteiger partial charge < -0.3 is 4.57 Å². The Bertz CT molecular complexity index is 385. The van der Waals surface area contributed by atoms with Gasteiger partial charge in [-0.25, -0.2) is 0 Å². The van der Waals surface area contributed by atoms with Crippen molar-refractivity contribution in [1.29, 1.82) is 0 Å². The van der Waals surface area contributed by atoms with E-state index in [4.69, 9.17) is 0 Å². The predicted molar refractivity (Wildman–Crippen MR) is 60.9 cm³/mol. The van der Waals surface area contributed by atoms with Crippen LogP contribution in [0.5, 0.6) is 0 Å². The summed E-state index contributed by atoms with van der Waals surface area (Å²) in [7, 11) is 0. The first-order chi connectivity index (χ1) is 7.20. The molecule has 0 saturated heterocycles. The summed E-state index contributed by atoms with van der Waals surface area (Å²) >= 11 is 0. The Morgan fingerprint density at radius 1 is 1.60 bits per heavy atom. The molecule has 15 heavy (non-hydrogen) atoms. The number of ketones is 1. The zero-order valence-corrected chi connectivity index (χ0v) is 9.20. The van der Waals surface area contributed by atoms with Crippen molar-refractivity contribution in [1.82, 2.24) is 4.57 Å². The van der Waals surface area contributed by atoms with Crippen LogP contribution in [0.3, 0.4) is 0 Å². The van der Waals surface area contributed by atoms with Crippen molar-refractivity contribution in [3.63, 3.8) is 0 Å². The van der Waals surface area contributed by atoms with Gasteiger partial charge in [0.25, 0.3) is 0 Å². The minimum Gasteiger partial charge on any atom is -0.349 e. The third-order valence-electron chi connectivity index (χ3n) is 2.89. The zero-order chi connectivity index (χ0) is 10.8. The number of Topliss-reactive ketones (excluding diaryl/α,β-unsaturated/α-hetero) is 1. The molecule has 0 aromatic carbocycles. The molecule has 0 amide bonds. The quantitative estimate of drug-likeness (QED) is 0.532. The molecule has 0 atom stereocenters. The highest BCUT2D eigenvalue weighted by Gasteiger charge is 2.30. The summed E-state index contributed by atoms with van der Waals surface area (Å²) in [6.07, 6.45) is 7.05. The Morgan fingerprint density at radius 2 is 2.33 bits per heavy atom. The Labute approximate surface area is 90.6 Å². The van der Waals surface area contributed by atoms with Crippen molar-refractivity contribution in [2.45, 2.75) is 32.7 Å². The highest BCUT2D eigenvalue weighted by molar-refractivity contribution is 5.99. The van der Waals surface area contributed by atoms with Crippen LogP contribution in [-0.2, 0) is 6.54 Å². The van der Waals surface area contributed by atoms with Crippen LogP contribution in [0, 0.1) is 5.92 Å². The van der Waals surface area contributed by atoms with E-state index >= 15 is 0 Å².